The number of hydrogen-bond donors (Lipinski definition) is 1. The van der Waals surface area contributed by atoms with Crippen LogP contribution in [0.2, 0.25) is 0 Å². The fraction of sp³-hybridized carbons (Fsp3) is 0.375. The topological polar surface area (TPSA) is 26.0 Å². The van der Waals surface area contributed by atoms with Crippen LogP contribution < -0.4 is 5.73 Å². The third-order valence-electron chi connectivity index (χ3n) is 3.28. The Morgan fingerprint density at radius 2 is 1.61 bits per heavy atom. The van der Waals surface area contributed by atoms with Crippen molar-refractivity contribution >= 4 is 17.0 Å². The molecule has 0 amide bonds. The minimum atomic E-state index is 0.206. The third kappa shape index (κ3) is 2.44. The zero-order valence-electron chi connectivity index (χ0n) is 11.8. The van der Waals surface area contributed by atoms with Crippen molar-refractivity contribution in [2.75, 3.05) is 5.73 Å². The molecule has 0 fully saturated rings. The van der Waals surface area contributed by atoms with E-state index < -0.39 is 0 Å². The highest BCUT2D eigenvalue weighted by Crippen LogP contribution is 2.38. The van der Waals surface area contributed by atoms with Gasteiger partial charge in [-0.1, -0.05) is 20.8 Å². The van der Waals surface area contributed by atoms with Crippen molar-refractivity contribution in [2.45, 2.75) is 40.0 Å². The van der Waals surface area contributed by atoms with E-state index >= 15 is 0 Å². The maximum absolute atomic E-state index is 6.15. The molecule has 0 aliphatic carbocycles. The molecule has 0 atom stereocenters. The van der Waals surface area contributed by atoms with Crippen LogP contribution in [0, 0.1) is 13.8 Å². The molecule has 0 bridgehead atoms. The second-order valence-corrected chi connectivity index (χ2v) is 7.02. The molecule has 0 aliphatic heterocycles. The van der Waals surface area contributed by atoms with E-state index in [4.69, 9.17) is 5.73 Å². The molecule has 0 unspecified atom stereocenters. The lowest BCUT2D eigenvalue weighted by Crippen LogP contribution is -2.07. The second-order valence-electron chi connectivity index (χ2n) is 5.94. The van der Waals surface area contributed by atoms with Crippen molar-refractivity contribution in [1.82, 2.24) is 0 Å². The number of thiophene rings is 1. The van der Waals surface area contributed by atoms with Crippen LogP contribution in [0.5, 0.6) is 0 Å². The quantitative estimate of drug-likeness (QED) is 0.723. The highest BCUT2D eigenvalue weighted by atomic mass is 32.1. The van der Waals surface area contributed by atoms with Gasteiger partial charge in [0.05, 0.1) is 0 Å². The molecule has 2 rings (SSSR count). The standard InChI is InChI=1S/C16H21NS/c1-10-8-12(13(17)9-11(10)2)14-6-7-15(18-14)16(3,4)5/h6-9H,17H2,1-5H3. The number of nitrogens with two attached hydrogens (primary N) is 1. The normalized spacial score (nSPS) is 11.8. The summed E-state index contributed by atoms with van der Waals surface area (Å²) in [6.07, 6.45) is 0. The van der Waals surface area contributed by atoms with E-state index in [0.29, 0.717) is 0 Å². The fourth-order valence-corrected chi connectivity index (χ4v) is 3.04. The monoisotopic (exact) mass is 259 g/mol. The zero-order chi connectivity index (χ0) is 13.5. The van der Waals surface area contributed by atoms with Crippen LogP contribution in [0.25, 0.3) is 10.4 Å². The van der Waals surface area contributed by atoms with Gasteiger partial charge in [-0.3, -0.25) is 0 Å². The molecule has 2 N–H and O–H groups in total. The van der Waals surface area contributed by atoms with Crippen molar-refractivity contribution in [3.63, 3.8) is 0 Å². The summed E-state index contributed by atoms with van der Waals surface area (Å²) >= 11 is 1.84. The maximum atomic E-state index is 6.15. The van der Waals surface area contributed by atoms with Crippen LogP contribution in [-0.2, 0) is 5.41 Å². The predicted molar refractivity (Wildman–Crippen MR) is 82.3 cm³/mol. The first-order valence-corrected chi connectivity index (χ1v) is 7.08. The van der Waals surface area contributed by atoms with Gasteiger partial charge in [-0.25, -0.2) is 0 Å². The number of hydrogen-bond acceptors (Lipinski definition) is 2. The molecule has 0 spiro atoms. The van der Waals surface area contributed by atoms with Crippen molar-refractivity contribution in [3.05, 3.63) is 40.3 Å². The van der Waals surface area contributed by atoms with Crippen molar-refractivity contribution in [2.24, 2.45) is 0 Å². The number of aryl methyl sites for hydroxylation is 2. The van der Waals surface area contributed by atoms with E-state index in [1.165, 1.54) is 26.4 Å². The molecule has 0 saturated heterocycles. The van der Waals surface area contributed by atoms with Crippen LogP contribution in [0.3, 0.4) is 0 Å². The Morgan fingerprint density at radius 1 is 1.00 bits per heavy atom. The molecular weight excluding hydrogens is 238 g/mol. The first-order chi connectivity index (χ1) is 8.29. The molecule has 1 aromatic heterocycles. The van der Waals surface area contributed by atoms with Gasteiger partial charge in [0.1, 0.15) is 0 Å². The van der Waals surface area contributed by atoms with E-state index in [2.05, 4.69) is 58.9 Å². The van der Waals surface area contributed by atoms with E-state index in [0.717, 1.165) is 5.69 Å². The summed E-state index contributed by atoms with van der Waals surface area (Å²) in [5.41, 5.74) is 10.9. The Kier molecular flexibility index (Phi) is 3.24. The minimum absolute atomic E-state index is 0.206. The Bertz CT molecular complexity index is 573. The Labute approximate surface area is 114 Å². The highest BCUT2D eigenvalue weighted by molar-refractivity contribution is 7.15. The van der Waals surface area contributed by atoms with Gasteiger partial charge in [0.25, 0.3) is 0 Å². The molecule has 1 nitrogen and oxygen atoms in total. The molecule has 0 saturated carbocycles. The second kappa shape index (κ2) is 4.43. The Balaban J connectivity index is 2.50. The van der Waals surface area contributed by atoms with Gasteiger partial charge in [-0.05, 0) is 54.7 Å². The van der Waals surface area contributed by atoms with Crippen molar-refractivity contribution < 1.29 is 0 Å². The first-order valence-electron chi connectivity index (χ1n) is 6.26. The van der Waals surface area contributed by atoms with Crippen LogP contribution in [0.4, 0.5) is 5.69 Å². The third-order valence-corrected chi connectivity index (χ3v) is 4.82. The summed E-state index contributed by atoms with van der Waals surface area (Å²) in [6, 6.07) is 8.67. The molecule has 2 aromatic rings. The lowest BCUT2D eigenvalue weighted by atomic mass is 9.95. The van der Waals surface area contributed by atoms with Crippen LogP contribution >= 0.6 is 11.3 Å². The summed E-state index contributed by atoms with van der Waals surface area (Å²) in [6.45, 7) is 11.0. The largest absolute Gasteiger partial charge is 0.398 e. The number of benzene rings is 1. The average molecular weight is 259 g/mol. The summed E-state index contributed by atoms with van der Waals surface area (Å²) in [7, 11) is 0. The fourth-order valence-electron chi connectivity index (χ4n) is 1.94. The SMILES string of the molecule is Cc1cc(N)c(-c2ccc(C(C)(C)C)s2)cc1C. The predicted octanol–water partition coefficient (Wildman–Crippen LogP) is 4.91. The zero-order valence-corrected chi connectivity index (χ0v) is 12.6. The summed E-state index contributed by atoms with van der Waals surface area (Å²) in [5.74, 6) is 0. The molecule has 0 aliphatic rings. The Morgan fingerprint density at radius 3 is 2.17 bits per heavy atom. The molecule has 96 valence electrons. The molecule has 1 aromatic carbocycles. The lowest BCUT2D eigenvalue weighted by Gasteiger charge is -2.15. The highest BCUT2D eigenvalue weighted by Gasteiger charge is 2.17. The van der Waals surface area contributed by atoms with Gasteiger partial charge in [0.15, 0.2) is 0 Å². The molecule has 18 heavy (non-hydrogen) atoms. The summed E-state index contributed by atoms with van der Waals surface area (Å²) in [4.78, 5) is 2.66. The molecular formula is C16H21NS. The maximum Gasteiger partial charge on any atom is 0.0404 e. The first kappa shape index (κ1) is 13.2. The van der Waals surface area contributed by atoms with Gasteiger partial charge in [0, 0.05) is 21.0 Å². The number of nitrogen functional groups attached to an aromatic ring is 1. The van der Waals surface area contributed by atoms with Gasteiger partial charge in [-0.15, -0.1) is 11.3 Å². The van der Waals surface area contributed by atoms with Crippen LogP contribution in [0.1, 0.15) is 36.8 Å². The minimum Gasteiger partial charge on any atom is -0.398 e. The van der Waals surface area contributed by atoms with E-state index in [1.54, 1.807) is 0 Å². The van der Waals surface area contributed by atoms with E-state index in [1.807, 2.05) is 11.3 Å². The smallest absolute Gasteiger partial charge is 0.0404 e. The Hall–Kier alpha value is -1.28. The van der Waals surface area contributed by atoms with Gasteiger partial charge >= 0.3 is 0 Å². The number of rotatable bonds is 1. The van der Waals surface area contributed by atoms with E-state index in [-0.39, 0.29) is 5.41 Å². The summed E-state index contributed by atoms with van der Waals surface area (Å²) < 4.78 is 0. The van der Waals surface area contributed by atoms with E-state index in [9.17, 15) is 0 Å². The average Bonchev–Trinajstić information content (AvgIpc) is 2.72. The summed E-state index contributed by atoms with van der Waals surface area (Å²) in [5, 5.41) is 0. The van der Waals surface area contributed by atoms with Gasteiger partial charge in [0.2, 0.25) is 0 Å². The van der Waals surface area contributed by atoms with Gasteiger partial charge in [-0.2, -0.15) is 0 Å². The van der Waals surface area contributed by atoms with Crippen LogP contribution in [0.15, 0.2) is 24.3 Å². The lowest BCUT2D eigenvalue weighted by molar-refractivity contribution is 0.604. The molecule has 1 heterocycles. The van der Waals surface area contributed by atoms with Crippen LogP contribution in [-0.4, -0.2) is 0 Å². The molecule has 0 radical (unpaired) electrons. The number of anilines is 1. The van der Waals surface area contributed by atoms with Crippen molar-refractivity contribution in [3.8, 4) is 10.4 Å². The molecule has 2 heteroatoms. The van der Waals surface area contributed by atoms with Gasteiger partial charge < -0.3 is 5.73 Å². The van der Waals surface area contributed by atoms with Crippen molar-refractivity contribution in [1.29, 1.82) is 0 Å².